The Kier molecular flexibility index (Phi) is 5.17. The molecular formula is C18H12Cl2F3N3O. The lowest BCUT2D eigenvalue weighted by Gasteiger charge is -2.10. The molecule has 0 unspecified atom stereocenters. The number of aromatic amines is 1. The fourth-order valence-corrected chi connectivity index (χ4v) is 2.88. The van der Waals surface area contributed by atoms with Gasteiger partial charge in [-0.1, -0.05) is 47.5 Å². The molecule has 1 N–H and O–H groups in total. The summed E-state index contributed by atoms with van der Waals surface area (Å²) >= 11 is 11.8. The summed E-state index contributed by atoms with van der Waals surface area (Å²) in [4.78, 5) is 16.3. The van der Waals surface area contributed by atoms with E-state index in [-0.39, 0.29) is 21.4 Å². The van der Waals surface area contributed by atoms with Crippen LogP contribution in [0.3, 0.4) is 0 Å². The summed E-state index contributed by atoms with van der Waals surface area (Å²) in [6.45, 7) is 1.37. The van der Waals surface area contributed by atoms with Crippen molar-refractivity contribution in [2.24, 2.45) is 4.99 Å². The molecule has 1 aromatic heterocycles. The predicted molar refractivity (Wildman–Crippen MR) is 99.8 cm³/mol. The van der Waals surface area contributed by atoms with E-state index < -0.39 is 23.0 Å². The molecule has 0 saturated carbocycles. The lowest BCUT2D eigenvalue weighted by atomic mass is 10.1. The smallest absolute Gasteiger partial charge is 0.295 e. The summed E-state index contributed by atoms with van der Waals surface area (Å²) in [7, 11) is 0. The third-order valence-corrected chi connectivity index (χ3v) is 4.56. The Balaban J connectivity index is 2.24. The van der Waals surface area contributed by atoms with Crippen LogP contribution in [0.2, 0.25) is 10.0 Å². The number of para-hydroxylation sites is 1. The fraction of sp³-hybridized carbons (Fsp3) is 0.111. The molecule has 2 aromatic carbocycles. The highest BCUT2D eigenvalue weighted by atomic mass is 35.5. The number of aliphatic imine (C=N–C) groups is 1. The van der Waals surface area contributed by atoms with Crippen LogP contribution in [-0.4, -0.2) is 21.7 Å². The Morgan fingerprint density at radius 2 is 1.74 bits per heavy atom. The van der Waals surface area contributed by atoms with Gasteiger partial charge in [-0.2, -0.15) is 13.2 Å². The summed E-state index contributed by atoms with van der Waals surface area (Å²) in [6, 6.07) is 12.4. The van der Waals surface area contributed by atoms with Crippen molar-refractivity contribution in [3.63, 3.8) is 0 Å². The van der Waals surface area contributed by atoms with Crippen molar-refractivity contribution in [3.8, 4) is 5.69 Å². The summed E-state index contributed by atoms with van der Waals surface area (Å²) in [6.07, 6.45) is -4.88. The second kappa shape index (κ2) is 7.25. The fourth-order valence-electron chi connectivity index (χ4n) is 2.54. The third-order valence-electron chi connectivity index (χ3n) is 3.75. The van der Waals surface area contributed by atoms with Crippen molar-refractivity contribution in [1.29, 1.82) is 0 Å². The van der Waals surface area contributed by atoms with Crippen LogP contribution in [0.25, 0.3) is 5.69 Å². The van der Waals surface area contributed by atoms with Crippen molar-refractivity contribution in [2.75, 3.05) is 0 Å². The van der Waals surface area contributed by atoms with Crippen LogP contribution >= 0.6 is 23.2 Å². The number of nitrogens with one attached hydrogen (secondary N) is 1. The lowest BCUT2D eigenvalue weighted by molar-refractivity contribution is -0.0580. The zero-order chi connectivity index (χ0) is 19.8. The Bertz CT molecular complexity index is 1070. The van der Waals surface area contributed by atoms with Gasteiger partial charge in [-0.05, 0) is 31.2 Å². The molecule has 3 rings (SSSR count). The molecule has 0 radical (unpaired) electrons. The number of hydrogen-bond acceptors (Lipinski definition) is 2. The molecule has 0 spiro atoms. The zero-order valence-corrected chi connectivity index (χ0v) is 15.3. The van der Waals surface area contributed by atoms with Gasteiger partial charge in [-0.15, -0.1) is 0 Å². The van der Waals surface area contributed by atoms with Gasteiger partial charge >= 0.3 is 6.18 Å². The van der Waals surface area contributed by atoms with E-state index >= 15 is 0 Å². The first-order chi connectivity index (χ1) is 12.7. The lowest BCUT2D eigenvalue weighted by Crippen LogP contribution is -2.30. The molecule has 3 aromatic rings. The predicted octanol–water partition coefficient (Wildman–Crippen LogP) is 5.46. The Morgan fingerprint density at radius 3 is 2.37 bits per heavy atom. The van der Waals surface area contributed by atoms with Crippen LogP contribution in [-0.2, 0) is 0 Å². The van der Waals surface area contributed by atoms with Gasteiger partial charge in [0.15, 0.2) is 5.71 Å². The van der Waals surface area contributed by atoms with Gasteiger partial charge in [0.1, 0.15) is 0 Å². The van der Waals surface area contributed by atoms with Gasteiger partial charge in [0, 0.05) is 5.69 Å². The quantitative estimate of drug-likeness (QED) is 0.569. The number of rotatable bonds is 3. The molecule has 0 amide bonds. The number of aryl methyl sites for hydroxylation is 1. The van der Waals surface area contributed by atoms with E-state index in [2.05, 4.69) is 10.1 Å². The number of H-pyrrole nitrogens is 1. The van der Waals surface area contributed by atoms with Crippen LogP contribution in [0.4, 0.5) is 18.9 Å². The van der Waals surface area contributed by atoms with Crippen molar-refractivity contribution < 1.29 is 13.2 Å². The second-order valence-electron chi connectivity index (χ2n) is 5.62. The zero-order valence-electron chi connectivity index (χ0n) is 13.8. The van der Waals surface area contributed by atoms with E-state index in [1.807, 2.05) is 0 Å². The van der Waals surface area contributed by atoms with Crippen molar-refractivity contribution in [2.45, 2.75) is 13.1 Å². The maximum atomic E-state index is 13.7. The normalized spacial score (nSPS) is 12.4. The van der Waals surface area contributed by atoms with E-state index in [0.29, 0.717) is 5.69 Å². The van der Waals surface area contributed by atoms with Gasteiger partial charge in [0.2, 0.25) is 0 Å². The topological polar surface area (TPSA) is 50.1 Å². The minimum Gasteiger partial charge on any atom is -0.295 e. The van der Waals surface area contributed by atoms with Crippen LogP contribution in [0.5, 0.6) is 0 Å². The van der Waals surface area contributed by atoms with E-state index in [1.165, 1.54) is 25.1 Å². The Labute approximate surface area is 161 Å². The number of nitrogens with zero attached hydrogens (tertiary/aromatic N) is 2. The molecule has 140 valence electrons. The molecule has 0 fully saturated rings. The number of aromatic nitrogens is 2. The van der Waals surface area contributed by atoms with Crippen molar-refractivity contribution in [1.82, 2.24) is 9.78 Å². The largest absolute Gasteiger partial charge is 0.434 e. The first kappa shape index (κ1) is 19.3. The standard InChI is InChI=1S/C18H12Cl2F3N3O/c1-10-14(17(27)26(25-10)11-6-3-2-4-7-11)16(18(21,22)23)24-13-9-5-8-12(19)15(13)20/h2-9,25H,1H3. The van der Waals surface area contributed by atoms with E-state index in [4.69, 9.17) is 23.2 Å². The SMILES string of the molecule is Cc1[nH]n(-c2ccccc2)c(=O)c1C(=Nc1cccc(Cl)c1Cl)C(F)(F)F. The highest BCUT2D eigenvalue weighted by Gasteiger charge is 2.40. The molecule has 4 nitrogen and oxygen atoms in total. The van der Waals surface area contributed by atoms with Crippen molar-refractivity contribution >= 4 is 34.6 Å². The van der Waals surface area contributed by atoms with Gasteiger partial charge in [0.25, 0.3) is 5.56 Å². The molecule has 0 aliphatic rings. The van der Waals surface area contributed by atoms with Crippen LogP contribution < -0.4 is 5.56 Å². The minimum atomic E-state index is -4.88. The van der Waals surface area contributed by atoms with E-state index in [9.17, 15) is 18.0 Å². The number of benzene rings is 2. The second-order valence-corrected chi connectivity index (χ2v) is 6.40. The average molecular weight is 414 g/mol. The molecule has 0 bridgehead atoms. The van der Waals surface area contributed by atoms with Crippen molar-refractivity contribution in [3.05, 3.63) is 80.2 Å². The first-order valence-corrected chi connectivity index (χ1v) is 8.43. The molecule has 0 saturated heterocycles. The van der Waals surface area contributed by atoms with Gasteiger partial charge in [-0.25, -0.2) is 9.67 Å². The number of hydrogen-bond donors (Lipinski definition) is 1. The van der Waals surface area contributed by atoms with E-state index in [1.54, 1.807) is 30.3 Å². The number of halogens is 5. The molecule has 1 heterocycles. The Morgan fingerprint density at radius 1 is 1.07 bits per heavy atom. The molecule has 0 atom stereocenters. The van der Waals surface area contributed by atoms with Gasteiger partial charge in [-0.3, -0.25) is 9.89 Å². The summed E-state index contributed by atoms with van der Waals surface area (Å²) in [5, 5.41) is 2.59. The molecule has 9 heteroatoms. The average Bonchev–Trinajstić information content (AvgIpc) is 2.90. The molecular weight excluding hydrogens is 402 g/mol. The number of alkyl halides is 3. The first-order valence-electron chi connectivity index (χ1n) is 7.67. The maximum Gasteiger partial charge on any atom is 0.434 e. The maximum absolute atomic E-state index is 13.7. The minimum absolute atomic E-state index is 0.0260. The molecule has 0 aliphatic heterocycles. The van der Waals surface area contributed by atoms with Crippen LogP contribution in [0, 0.1) is 6.92 Å². The summed E-state index contributed by atoms with van der Waals surface area (Å²) in [5.41, 5.74) is -2.55. The summed E-state index contributed by atoms with van der Waals surface area (Å²) in [5.74, 6) is 0. The third kappa shape index (κ3) is 3.79. The van der Waals surface area contributed by atoms with Crippen LogP contribution in [0.15, 0.2) is 58.3 Å². The monoisotopic (exact) mass is 413 g/mol. The van der Waals surface area contributed by atoms with Gasteiger partial charge < -0.3 is 0 Å². The van der Waals surface area contributed by atoms with Gasteiger partial charge in [0.05, 0.1) is 27.0 Å². The highest BCUT2D eigenvalue weighted by molar-refractivity contribution is 6.43. The summed E-state index contributed by atoms with van der Waals surface area (Å²) < 4.78 is 42.2. The van der Waals surface area contributed by atoms with Crippen LogP contribution in [0.1, 0.15) is 11.3 Å². The Hall–Kier alpha value is -2.51. The van der Waals surface area contributed by atoms with E-state index in [0.717, 1.165) is 4.68 Å². The highest BCUT2D eigenvalue weighted by Crippen LogP contribution is 2.34. The molecule has 0 aliphatic carbocycles. The molecule has 27 heavy (non-hydrogen) atoms.